The second kappa shape index (κ2) is 7.11. The van der Waals surface area contributed by atoms with Gasteiger partial charge in [-0.1, -0.05) is 43.6 Å². The molecule has 1 aliphatic heterocycles. The average molecular weight is 417 g/mol. The number of hydrogen-bond donors (Lipinski definition) is 1. The summed E-state index contributed by atoms with van der Waals surface area (Å²) in [6.07, 6.45) is 4.93. The first kappa shape index (κ1) is 19.9. The van der Waals surface area contributed by atoms with Crippen LogP contribution in [0.3, 0.4) is 0 Å². The molecule has 7 heteroatoms. The molecule has 1 aliphatic rings. The van der Waals surface area contributed by atoms with E-state index in [1.807, 2.05) is 32.0 Å². The maximum absolute atomic E-state index is 15.4. The van der Waals surface area contributed by atoms with Crippen molar-refractivity contribution >= 4 is 22.5 Å². The van der Waals surface area contributed by atoms with Crippen LogP contribution in [-0.4, -0.2) is 27.1 Å². The Morgan fingerprint density at radius 1 is 1.34 bits per heavy atom. The van der Waals surface area contributed by atoms with Crippen molar-refractivity contribution in [1.82, 2.24) is 9.55 Å². The molecule has 3 heterocycles. The highest BCUT2D eigenvalue weighted by atomic mass is 35.5. The van der Waals surface area contributed by atoms with E-state index in [4.69, 9.17) is 16.3 Å². The second-order valence-corrected chi connectivity index (χ2v) is 8.61. The fourth-order valence-electron chi connectivity index (χ4n) is 4.17. The van der Waals surface area contributed by atoms with E-state index in [1.54, 1.807) is 6.07 Å². The van der Waals surface area contributed by atoms with Gasteiger partial charge in [0.2, 0.25) is 11.3 Å². The minimum absolute atomic E-state index is 0.0464. The number of para-hydroxylation sites is 1. The monoisotopic (exact) mass is 416 g/mol. The molecule has 1 aromatic carbocycles. The molecule has 0 saturated carbocycles. The van der Waals surface area contributed by atoms with E-state index in [0.717, 1.165) is 23.3 Å². The van der Waals surface area contributed by atoms with E-state index < -0.39 is 11.3 Å². The van der Waals surface area contributed by atoms with Gasteiger partial charge in [-0.05, 0) is 17.0 Å². The van der Waals surface area contributed by atoms with Gasteiger partial charge in [0.05, 0.1) is 24.1 Å². The van der Waals surface area contributed by atoms with Crippen molar-refractivity contribution in [2.24, 2.45) is 0 Å². The Balaban J connectivity index is 1.67. The number of rotatable bonds is 5. The van der Waals surface area contributed by atoms with Crippen LogP contribution in [0.25, 0.3) is 10.9 Å². The molecule has 0 bridgehead atoms. The lowest BCUT2D eigenvalue weighted by Gasteiger charge is -2.33. The first-order valence-electron chi connectivity index (χ1n) is 9.47. The molecule has 4 rings (SSSR count). The minimum atomic E-state index is -2.54. The largest absolute Gasteiger partial charge is 0.493 e. The normalized spacial score (nSPS) is 15.8. The van der Waals surface area contributed by atoms with E-state index in [9.17, 15) is 9.90 Å². The van der Waals surface area contributed by atoms with Gasteiger partial charge in [-0.3, -0.25) is 9.78 Å². The van der Waals surface area contributed by atoms with E-state index in [1.165, 1.54) is 23.2 Å². The van der Waals surface area contributed by atoms with Crippen molar-refractivity contribution in [2.75, 3.05) is 6.61 Å². The maximum Gasteiger partial charge on any atom is 0.225 e. The third kappa shape index (κ3) is 3.74. The third-order valence-corrected chi connectivity index (χ3v) is 5.68. The predicted molar refractivity (Wildman–Crippen MR) is 110 cm³/mol. The Morgan fingerprint density at radius 2 is 2.14 bits per heavy atom. The molecule has 0 fully saturated rings. The fourth-order valence-corrected chi connectivity index (χ4v) is 4.39. The molecular formula is C22H22ClFN2O3. The summed E-state index contributed by atoms with van der Waals surface area (Å²) in [5, 5.41) is 10.9. The van der Waals surface area contributed by atoms with Crippen LogP contribution in [0.15, 0.2) is 47.7 Å². The van der Waals surface area contributed by atoms with Crippen LogP contribution in [0, 0.1) is 0 Å². The predicted octanol–water partition coefficient (Wildman–Crippen LogP) is 4.01. The number of aromatic nitrogens is 2. The van der Waals surface area contributed by atoms with E-state index >= 15 is 4.39 Å². The summed E-state index contributed by atoms with van der Waals surface area (Å²) in [5.74, 6) is -1.75. The minimum Gasteiger partial charge on any atom is -0.493 e. The smallest absolute Gasteiger partial charge is 0.225 e. The molecule has 0 radical (unpaired) electrons. The van der Waals surface area contributed by atoms with Gasteiger partial charge in [-0.15, -0.1) is 0 Å². The number of ether oxygens (including phenoxy) is 1. The quantitative estimate of drug-likeness (QED) is 0.682. The molecule has 0 saturated heterocycles. The standard InChI is InChI=1S/C22H22ClFN2O3/c1-21(2,16-5-3-4-14-7-9-29-20(14)16)12-22(24,28)13-26-11-17(23)19(27)15-10-25-8-6-18(15)26/h3-6,8,10-11,28H,7,9,12-13H2,1-2H3. The molecule has 0 spiro atoms. The number of aliphatic hydroxyl groups is 1. The lowest BCUT2D eigenvalue weighted by Crippen LogP contribution is -2.37. The summed E-state index contributed by atoms with van der Waals surface area (Å²) in [6, 6.07) is 7.46. The summed E-state index contributed by atoms with van der Waals surface area (Å²) >= 11 is 6.03. The van der Waals surface area contributed by atoms with Gasteiger partial charge in [0.1, 0.15) is 10.8 Å². The zero-order valence-corrected chi connectivity index (χ0v) is 17.0. The number of nitrogens with zero attached hydrogens (tertiary/aromatic N) is 2. The zero-order valence-electron chi connectivity index (χ0n) is 16.3. The number of benzene rings is 1. The summed E-state index contributed by atoms with van der Waals surface area (Å²) in [7, 11) is 0. The van der Waals surface area contributed by atoms with E-state index in [-0.39, 0.29) is 28.8 Å². The number of pyridine rings is 2. The maximum atomic E-state index is 15.4. The van der Waals surface area contributed by atoms with Crippen molar-refractivity contribution in [1.29, 1.82) is 0 Å². The topological polar surface area (TPSA) is 64.4 Å². The number of fused-ring (bicyclic) bond motifs is 2. The lowest BCUT2D eigenvalue weighted by atomic mass is 9.78. The Bertz CT molecular complexity index is 1140. The van der Waals surface area contributed by atoms with Gasteiger partial charge >= 0.3 is 0 Å². The third-order valence-electron chi connectivity index (χ3n) is 5.41. The van der Waals surface area contributed by atoms with Crippen LogP contribution in [0.1, 0.15) is 31.4 Å². The van der Waals surface area contributed by atoms with Crippen molar-refractivity contribution in [2.45, 2.75) is 44.5 Å². The fraction of sp³-hybridized carbons (Fsp3) is 0.364. The van der Waals surface area contributed by atoms with Gasteiger partial charge in [0, 0.05) is 37.0 Å². The summed E-state index contributed by atoms with van der Waals surface area (Å²) in [5.41, 5.74) is 1.39. The SMILES string of the molecule is CC(C)(CC(O)(F)Cn1cc(Cl)c(=O)c2cnccc21)c1cccc2c1OCC2. The van der Waals surface area contributed by atoms with Crippen LogP contribution in [0.5, 0.6) is 5.75 Å². The van der Waals surface area contributed by atoms with Crippen molar-refractivity contribution in [3.63, 3.8) is 0 Å². The zero-order chi connectivity index (χ0) is 20.8. The molecule has 0 aliphatic carbocycles. The molecule has 152 valence electrons. The number of halogens is 2. The van der Waals surface area contributed by atoms with Crippen LogP contribution in [0.4, 0.5) is 4.39 Å². The molecule has 1 N–H and O–H groups in total. The molecule has 29 heavy (non-hydrogen) atoms. The van der Waals surface area contributed by atoms with E-state index in [2.05, 4.69) is 4.98 Å². The highest BCUT2D eigenvalue weighted by Gasteiger charge is 2.38. The Labute approximate surface area is 172 Å². The Hall–Kier alpha value is -2.44. The van der Waals surface area contributed by atoms with Crippen LogP contribution < -0.4 is 10.2 Å². The Kier molecular flexibility index (Phi) is 4.87. The van der Waals surface area contributed by atoms with Gasteiger partial charge in [0.15, 0.2) is 0 Å². The van der Waals surface area contributed by atoms with Crippen LogP contribution in [-0.2, 0) is 18.4 Å². The number of hydrogen-bond acceptors (Lipinski definition) is 4. The summed E-state index contributed by atoms with van der Waals surface area (Å²) in [4.78, 5) is 16.2. The molecule has 1 unspecified atom stereocenters. The van der Waals surface area contributed by atoms with Crippen molar-refractivity contribution < 1.29 is 14.2 Å². The first-order chi connectivity index (χ1) is 13.7. The molecular weight excluding hydrogens is 395 g/mol. The first-order valence-corrected chi connectivity index (χ1v) is 9.85. The summed E-state index contributed by atoms with van der Waals surface area (Å²) < 4.78 is 22.7. The Morgan fingerprint density at radius 3 is 2.93 bits per heavy atom. The van der Waals surface area contributed by atoms with E-state index in [0.29, 0.717) is 12.1 Å². The van der Waals surface area contributed by atoms with Gasteiger partial charge in [-0.25, -0.2) is 4.39 Å². The highest BCUT2D eigenvalue weighted by Crippen LogP contribution is 2.42. The van der Waals surface area contributed by atoms with Gasteiger partial charge in [-0.2, -0.15) is 0 Å². The highest BCUT2D eigenvalue weighted by molar-refractivity contribution is 6.31. The summed E-state index contributed by atoms with van der Waals surface area (Å²) in [6.45, 7) is 4.01. The van der Waals surface area contributed by atoms with Crippen molar-refractivity contribution in [3.05, 3.63) is 69.2 Å². The lowest BCUT2D eigenvalue weighted by molar-refractivity contribution is -0.118. The van der Waals surface area contributed by atoms with Crippen LogP contribution >= 0.6 is 11.6 Å². The van der Waals surface area contributed by atoms with Crippen molar-refractivity contribution in [3.8, 4) is 5.75 Å². The second-order valence-electron chi connectivity index (χ2n) is 8.20. The van der Waals surface area contributed by atoms with Crippen LogP contribution in [0.2, 0.25) is 5.02 Å². The molecule has 0 amide bonds. The molecule has 1 atom stereocenters. The number of alkyl halides is 1. The average Bonchev–Trinajstić information content (AvgIpc) is 3.13. The molecule has 3 aromatic rings. The molecule has 2 aromatic heterocycles. The van der Waals surface area contributed by atoms with Gasteiger partial charge in [0.25, 0.3) is 0 Å². The molecule has 5 nitrogen and oxygen atoms in total. The van der Waals surface area contributed by atoms with Gasteiger partial charge < -0.3 is 14.4 Å².